The van der Waals surface area contributed by atoms with Gasteiger partial charge in [-0.15, -0.1) is 24.2 Å². The van der Waals surface area contributed by atoms with Crippen molar-refractivity contribution in [1.82, 2.24) is 10.6 Å². The molecule has 1 aliphatic rings. The Balaban J connectivity index is 0.00000220. The molecule has 2 amide bonds. The van der Waals surface area contributed by atoms with E-state index in [1.807, 2.05) is 18.2 Å². The molecule has 7 heteroatoms. The van der Waals surface area contributed by atoms with Gasteiger partial charge in [0.15, 0.2) is 0 Å². The quantitative estimate of drug-likeness (QED) is 0.684. The molecule has 0 saturated carbocycles. The number of benzene rings is 1. The average molecular weight is 330 g/mol. The highest BCUT2D eigenvalue weighted by Gasteiger charge is 2.16. The Morgan fingerprint density at radius 1 is 1.38 bits per heavy atom. The van der Waals surface area contributed by atoms with Crippen molar-refractivity contribution in [3.63, 3.8) is 0 Å². The fourth-order valence-electron chi connectivity index (χ4n) is 2.17. The van der Waals surface area contributed by atoms with Crippen LogP contribution in [0.1, 0.15) is 23.2 Å². The van der Waals surface area contributed by atoms with Gasteiger partial charge in [-0.3, -0.25) is 9.59 Å². The summed E-state index contributed by atoms with van der Waals surface area (Å²) < 4.78 is 0. The standard InChI is InChI=1S/C14H19N3O2S.ClH/c15-13(18)9-20-12-6-2-1-5-11(12)14(19)17-8-10-4-3-7-16-10;/h1-2,5-6,10,16H,3-4,7-9H2,(H2,15,18)(H,17,19);1H. The van der Waals surface area contributed by atoms with Gasteiger partial charge in [0, 0.05) is 17.5 Å². The molecule has 21 heavy (non-hydrogen) atoms. The first-order chi connectivity index (χ1) is 9.66. The summed E-state index contributed by atoms with van der Waals surface area (Å²) >= 11 is 1.29. The second kappa shape index (κ2) is 8.92. The van der Waals surface area contributed by atoms with Crippen molar-refractivity contribution >= 4 is 36.0 Å². The number of carbonyl (C=O) groups excluding carboxylic acids is 2. The molecule has 1 aliphatic heterocycles. The van der Waals surface area contributed by atoms with Crippen molar-refractivity contribution in [3.8, 4) is 0 Å². The van der Waals surface area contributed by atoms with E-state index in [1.54, 1.807) is 6.07 Å². The summed E-state index contributed by atoms with van der Waals surface area (Å²) in [6, 6.07) is 7.62. The third-order valence-corrected chi connectivity index (χ3v) is 4.27. The molecular weight excluding hydrogens is 310 g/mol. The number of hydrogen-bond acceptors (Lipinski definition) is 4. The Hall–Kier alpha value is -1.24. The molecule has 0 spiro atoms. The van der Waals surface area contributed by atoms with E-state index in [-0.39, 0.29) is 30.0 Å². The first-order valence-corrected chi connectivity index (χ1v) is 7.67. The molecule has 0 aromatic heterocycles. The maximum Gasteiger partial charge on any atom is 0.252 e. The van der Waals surface area contributed by atoms with Crippen molar-refractivity contribution in [1.29, 1.82) is 0 Å². The maximum atomic E-state index is 12.2. The number of nitrogens with one attached hydrogen (secondary N) is 2. The largest absolute Gasteiger partial charge is 0.369 e. The van der Waals surface area contributed by atoms with E-state index in [0.717, 1.165) is 24.3 Å². The topological polar surface area (TPSA) is 84.2 Å². The van der Waals surface area contributed by atoms with Crippen LogP contribution in [0.3, 0.4) is 0 Å². The van der Waals surface area contributed by atoms with E-state index < -0.39 is 0 Å². The summed E-state index contributed by atoms with van der Waals surface area (Å²) in [6.07, 6.45) is 2.25. The molecule has 5 nitrogen and oxygen atoms in total. The highest BCUT2D eigenvalue weighted by Crippen LogP contribution is 2.22. The van der Waals surface area contributed by atoms with E-state index in [4.69, 9.17) is 5.73 Å². The third-order valence-electron chi connectivity index (χ3n) is 3.17. The Bertz CT molecular complexity index is 493. The zero-order chi connectivity index (χ0) is 14.4. The minimum absolute atomic E-state index is 0. The maximum absolute atomic E-state index is 12.2. The molecule has 0 bridgehead atoms. The van der Waals surface area contributed by atoms with Crippen molar-refractivity contribution in [2.45, 2.75) is 23.8 Å². The summed E-state index contributed by atoms with van der Waals surface area (Å²) in [5.74, 6) is -0.319. The molecule has 1 unspecified atom stereocenters. The van der Waals surface area contributed by atoms with Crippen molar-refractivity contribution in [2.24, 2.45) is 5.73 Å². The Kier molecular flexibility index (Phi) is 7.56. The van der Waals surface area contributed by atoms with Crippen LogP contribution >= 0.6 is 24.2 Å². The van der Waals surface area contributed by atoms with E-state index in [0.29, 0.717) is 18.2 Å². The monoisotopic (exact) mass is 329 g/mol. The summed E-state index contributed by atoms with van der Waals surface area (Å²) in [5.41, 5.74) is 5.73. The van der Waals surface area contributed by atoms with Crippen LogP contribution in [0.2, 0.25) is 0 Å². The van der Waals surface area contributed by atoms with Gasteiger partial charge in [-0.05, 0) is 31.5 Å². The van der Waals surface area contributed by atoms with E-state index in [1.165, 1.54) is 11.8 Å². The number of nitrogens with two attached hydrogens (primary N) is 1. The van der Waals surface area contributed by atoms with E-state index >= 15 is 0 Å². The van der Waals surface area contributed by atoms with Crippen molar-refractivity contribution < 1.29 is 9.59 Å². The highest BCUT2D eigenvalue weighted by atomic mass is 35.5. The molecule has 116 valence electrons. The normalized spacial score (nSPS) is 17.0. The van der Waals surface area contributed by atoms with Crippen LogP contribution in [-0.2, 0) is 4.79 Å². The zero-order valence-electron chi connectivity index (χ0n) is 11.6. The minimum atomic E-state index is -0.389. The number of amides is 2. The lowest BCUT2D eigenvalue weighted by Crippen LogP contribution is -2.37. The summed E-state index contributed by atoms with van der Waals surface area (Å²) in [7, 11) is 0. The smallest absolute Gasteiger partial charge is 0.252 e. The Morgan fingerprint density at radius 3 is 2.81 bits per heavy atom. The molecular formula is C14H20ClN3O2S. The van der Waals surface area contributed by atoms with E-state index in [2.05, 4.69) is 10.6 Å². The van der Waals surface area contributed by atoms with Crippen LogP contribution in [0.4, 0.5) is 0 Å². The lowest BCUT2D eigenvalue weighted by atomic mass is 10.2. The average Bonchev–Trinajstić information content (AvgIpc) is 2.96. The van der Waals surface area contributed by atoms with Gasteiger partial charge in [0.1, 0.15) is 0 Å². The van der Waals surface area contributed by atoms with E-state index in [9.17, 15) is 9.59 Å². The molecule has 1 saturated heterocycles. The molecule has 0 aliphatic carbocycles. The molecule has 4 N–H and O–H groups in total. The summed E-state index contributed by atoms with van der Waals surface area (Å²) in [5, 5.41) is 6.27. The van der Waals surface area contributed by atoms with Crippen LogP contribution in [-0.4, -0.2) is 36.7 Å². The number of halogens is 1. The van der Waals surface area contributed by atoms with Gasteiger partial charge in [0.25, 0.3) is 5.91 Å². The number of rotatable bonds is 6. The van der Waals surface area contributed by atoms with Gasteiger partial charge in [-0.25, -0.2) is 0 Å². The predicted molar refractivity (Wildman–Crippen MR) is 87.0 cm³/mol. The minimum Gasteiger partial charge on any atom is -0.369 e. The number of primary amides is 1. The van der Waals surface area contributed by atoms with Crippen LogP contribution in [0.5, 0.6) is 0 Å². The predicted octanol–water partition coefficient (Wildman–Crippen LogP) is 1.17. The number of thioether (sulfide) groups is 1. The van der Waals surface area contributed by atoms with Crippen LogP contribution in [0, 0.1) is 0 Å². The van der Waals surface area contributed by atoms with Gasteiger partial charge >= 0.3 is 0 Å². The number of hydrogen-bond donors (Lipinski definition) is 3. The summed E-state index contributed by atoms with van der Waals surface area (Å²) in [6.45, 7) is 1.65. The Morgan fingerprint density at radius 2 is 2.14 bits per heavy atom. The van der Waals surface area contributed by atoms with Gasteiger partial charge in [0.05, 0.1) is 11.3 Å². The third kappa shape index (κ3) is 5.57. The van der Waals surface area contributed by atoms with Gasteiger partial charge < -0.3 is 16.4 Å². The van der Waals surface area contributed by atoms with Crippen LogP contribution < -0.4 is 16.4 Å². The molecule has 2 rings (SSSR count). The first-order valence-electron chi connectivity index (χ1n) is 6.68. The SMILES string of the molecule is Cl.NC(=O)CSc1ccccc1C(=O)NCC1CCCN1. The molecule has 1 atom stereocenters. The lowest BCUT2D eigenvalue weighted by Gasteiger charge is -2.13. The van der Waals surface area contributed by atoms with Crippen LogP contribution in [0.15, 0.2) is 29.2 Å². The fraction of sp³-hybridized carbons (Fsp3) is 0.429. The van der Waals surface area contributed by atoms with Gasteiger partial charge in [-0.1, -0.05) is 12.1 Å². The van der Waals surface area contributed by atoms with Crippen LogP contribution in [0.25, 0.3) is 0 Å². The first kappa shape index (κ1) is 17.8. The molecule has 1 fully saturated rings. The van der Waals surface area contributed by atoms with Crippen molar-refractivity contribution in [3.05, 3.63) is 29.8 Å². The molecule has 1 heterocycles. The molecule has 1 aromatic carbocycles. The lowest BCUT2D eigenvalue weighted by molar-refractivity contribution is -0.115. The van der Waals surface area contributed by atoms with Gasteiger partial charge in [0.2, 0.25) is 5.91 Å². The highest BCUT2D eigenvalue weighted by molar-refractivity contribution is 8.00. The Labute approximate surface area is 134 Å². The molecule has 0 radical (unpaired) electrons. The van der Waals surface area contributed by atoms with Gasteiger partial charge in [-0.2, -0.15) is 0 Å². The molecule has 1 aromatic rings. The van der Waals surface area contributed by atoms with Crippen molar-refractivity contribution in [2.75, 3.05) is 18.8 Å². The second-order valence-electron chi connectivity index (χ2n) is 4.75. The number of carbonyl (C=O) groups is 2. The summed E-state index contributed by atoms with van der Waals surface area (Å²) in [4.78, 5) is 23.8. The zero-order valence-corrected chi connectivity index (χ0v) is 13.3. The second-order valence-corrected chi connectivity index (χ2v) is 5.77. The fourth-order valence-corrected chi connectivity index (χ4v) is 2.96.